The quantitative estimate of drug-likeness (QED) is 0.414. The molecule has 31 heavy (non-hydrogen) atoms. The van der Waals surface area contributed by atoms with E-state index in [2.05, 4.69) is 0 Å². The summed E-state index contributed by atoms with van der Waals surface area (Å²) >= 11 is 0. The van der Waals surface area contributed by atoms with E-state index in [1.165, 1.54) is 0 Å². The number of hydrogen-bond acceptors (Lipinski definition) is 4. The second kappa shape index (κ2) is 8.96. The Hall–Kier alpha value is -3.08. The van der Waals surface area contributed by atoms with Gasteiger partial charge in [0.1, 0.15) is 11.5 Å². The molecule has 1 amide bonds. The zero-order chi connectivity index (χ0) is 22.0. The highest BCUT2D eigenvalue weighted by Gasteiger charge is 2.48. The summed E-state index contributed by atoms with van der Waals surface area (Å²) in [5.74, 6) is -0.503. The maximum atomic E-state index is 13.2. The molecule has 4 rings (SSSR count). The highest BCUT2D eigenvalue weighted by molar-refractivity contribution is 6.46. The molecule has 0 aromatic heterocycles. The number of Topliss-reactive ketones (excluding diaryl/α,β-unsaturated/α-hetero) is 1. The number of amides is 1. The van der Waals surface area contributed by atoms with Gasteiger partial charge in [0.25, 0.3) is 11.7 Å². The van der Waals surface area contributed by atoms with Crippen LogP contribution < -0.4 is 4.74 Å². The number of nitrogens with zero attached hydrogens (tertiary/aromatic N) is 1. The molecular weight excluding hydrogens is 390 g/mol. The fourth-order valence-electron chi connectivity index (χ4n) is 4.69. The molecule has 0 spiro atoms. The van der Waals surface area contributed by atoms with Crippen LogP contribution in [0.25, 0.3) is 5.76 Å². The summed E-state index contributed by atoms with van der Waals surface area (Å²) in [4.78, 5) is 28.0. The van der Waals surface area contributed by atoms with E-state index >= 15 is 0 Å². The summed E-state index contributed by atoms with van der Waals surface area (Å²) in [6.45, 7) is 4.45. The number of ketones is 1. The average molecular weight is 420 g/mol. The van der Waals surface area contributed by atoms with Gasteiger partial charge in [0.15, 0.2) is 0 Å². The standard InChI is InChI=1S/C26H29NO4/c1-3-31-21-15-13-18(14-16-21)23-22(24(28)19-11-9-17(2)10-12-19)25(29)26(30)27(23)20-7-5-4-6-8-20/h9-16,20,23,28H,3-8H2,1-2H3/b24-22-. The van der Waals surface area contributed by atoms with Crippen molar-refractivity contribution in [2.24, 2.45) is 0 Å². The van der Waals surface area contributed by atoms with E-state index in [-0.39, 0.29) is 17.4 Å². The molecule has 0 bridgehead atoms. The molecular formula is C26H29NO4. The average Bonchev–Trinajstić information content (AvgIpc) is 3.06. The second-order valence-corrected chi connectivity index (χ2v) is 8.37. The number of aryl methyl sites for hydroxylation is 1. The third kappa shape index (κ3) is 4.09. The minimum Gasteiger partial charge on any atom is -0.507 e. The van der Waals surface area contributed by atoms with Crippen LogP contribution in [0.1, 0.15) is 61.8 Å². The second-order valence-electron chi connectivity index (χ2n) is 8.37. The van der Waals surface area contributed by atoms with Crippen LogP contribution in [0.15, 0.2) is 54.1 Å². The molecule has 1 saturated carbocycles. The summed E-state index contributed by atoms with van der Waals surface area (Å²) in [5.41, 5.74) is 2.58. The number of benzene rings is 2. The lowest BCUT2D eigenvalue weighted by molar-refractivity contribution is -0.141. The van der Waals surface area contributed by atoms with E-state index in [1.54, 1.807) is 17.0 Å². The van der Waals surface area contributed by atoms with Crippen LogP contribution in [0.5, 0.6) is 5.75 Å². The number of carbonyl (C=O) groups is 2. The number of ether oxygens (including phenoxy) is 1. The third-order valence-corrected chi connectivity index (χ3v) is 6.28. The minimum atomic E-state index is -0.609. The topological polar surface area (TPSA) is 66.8 Å². The Bertz CT molecular complexity index is 985. The fraction of sp³-hybridized carbons (Fsp3) is 0.385. The predicted molar refractivity (Wildman–Crippen MR) is 120 cm³/mol. The first-order chi connectivity index (χ1) is 15.0. The molecule has 2 aromatic carbocycles. The van der Waals surface area contributed by atoms with Crippen LogP contribution in [0.3, 0.4) is 0 Å². The lowest BCUT2D eigenvalue weighted by Gasteiger charge is -2.35. The van der Waals surface area contributed by atoms with Crippen molar-refractivity contribution >= 4 is 17.4 Å². The molecule has 1 atom stereocenters. The highest BCUT2D eigenvalue weighted by atomic mass is 16.5. The summed E-state index contributed by atoms with van der Waals surface area (Å²) in [7, 11) is 0. The summed E-state index contributed by atoms with van der Waals surface area (Å²) < 4.78 is 5.55. The number of rotatable bonds is 5. The molecule has 2 fully saturated rings. The largest absolute Gasteiger partial charge is 0.507 e. The van der Waals surface area contributed by atoms with Crippen molar-refractivity contribution in [3.63, 3.8) is 0 Å². The van der Waals surface area contributed by atoms with E-state index in [0.29, 0.717) is 12.2 Å². The molecule has 5 nitrogen and oxygen atoms in total. The van der Waals surface area contributed by atoms with Crippen LogP contribution in [-0.2, 0) is 9.59 Å². The number of carbonyl (C=O) groups excluding carboxylic acids is 2. The van der Waals surface area contributed by atoms with Gasteiger partial charge in [0, 0.05) is 11.6 Å². The Morgan fingerprint density at radius 3 is 2.26 bits per heavy atom. The van der Waals surface area contributed by atoms with Crippen LogP contribution in [0.4, 0.5) is 0 Å². The van der Waals surface area contributed by atoms with Crippen LogP contribution in [-0.4, -0.2) is 34.3 Å². The predicted octanol–water partition coefficient (Wildman–Crippen LogP) is 5.15. The molecule has 1 aliphatic heterocycles. The maximum absolute atomic E-state index is 13.2. The molecule has 1 saturated heterocycles. The highest BCUT2D eigenvalue weighted by Crippen LogP contribution is 2.43. The summed E-state index contributed by atoms with van der Waals surface area (Å²) in [6.07, 6.45) is 5.00. The van der Waals surface area contributed by atoms with E-state index < -0.39 is 17.7 Å². The molecule has 0 radical (unpaired) electrons. The first-order valence-corrected chi connectivity index (χ1v) is 11.1. The lowest BCUT2D eigenvalue weighted by Crippen LogP contribution is -2.40. The molecule has 1 heterocycles. The van der Waals surface area contributed by atoms with Gasteiger partial charge in [0.2, 0.25) is 0 Å². The van der Waals surface area contributed by atoms with Gasteiger partial charge in [-0.05, 0) is 44.4 Å². The Morgan fingerprint density at radius 2 is 1.65 bits per heavy atom. The SMILES string of the molecule is CCOc1ccc(C2/C(=C(/O)c3ccc(C)cc3)C(=O)C(=O)N2C2CCCCC2)cc1. The zero-order valence-electron chi connectivity index (χ0n) is 18.1. The monoisotopic (exact) mass is 419 g/mol. The summed E-state index contributed by atoms with van der Waals surface area (Å²) in [5, 5.41) is 11.1. The van der Waals surface area contributed by atoms with Gasteiger partial charge in [-0.1, -0.05) is 61.2 Å². The third-order valence-electron chi connectivity index (χ3n) is 6.28. The lowest BCUT2D eigenvalue weighted by atomic mass is 9.91. The molecule has 1 unspecified atom stereocenters. The zero-order valence-corrected chi connectivity index (χ0v) is 18.1. The van der Waals surface area contributed by atoms with E-state index in [1.807, 2.05) is 50.2 Å². The molecule has 162 valence electrons. The molecule has 5 heteroatoms. The smallest absolute Gasteiger partial charge is 0.295 e. The van der Waals surface area contributed by atoms with Crippen LogP contribution >= 0.6 is 0 Å². The van der Waals surface area contributed by atoms with Crippen molar-refractivity contribution in [1.82, 2.24) is 4.90 Å². The molecule has 2 aromatic rings. The van der Waals surface area contributed by atoms with Crippen molar-refractivity contribution in [2.75, 3.05) is 6.61 Å². The molecule has 1 aliphatic carbocycles. The van der Waals surface area contributed by atoms with E-state index in [9.17, 15) is 14.7 Å². The normalized spacial score (nSPS) is 21.5. The van der Waals surface area contributed by atoms with Gasteiger partial charge in [-0.3, -0.25) is 9.59 Å². The van der Waals surface area contributed by atoms with E-state index in [4.69, 9.17) is 4.74 Å². The Labute approximate surface area is 183 Å². The summed E-state index contributed by atoms with van der Waals surface area (Å²) in [6, 6.07) is 14.2. The minimum absolute atomic E-state index is 0.00471. The van der Waals surface area contributed by atoms with Crippen molar-refractivity contribution in [3.8, 4) is 5.75 Å². The van der Waals surface area contributed by atoms with Gasteiger partial charge < -0.3 is 14.7 Å². The van der Waals surface area contributed by atoms with Gasteiger partial charge in [-0.2, -0.15) is 0 Å². The maximum Gasteiger partial charge on any atom is 0.295 e. The van der Waals surface area contributed by atoms with Crippen LogP contribution in [0.2, 0.25) is 0 Å². The van der Waals surface area contributed by atoms with Gasteiger partial charge in [-0.25, -0.2) is 0 Å². The number of aliphatic hydroxyl groups is 1. The van der Waals surface area contributed by atoms with Crippen molar-refractivity contribution < 1.29 is 19.4 Å². The molecule has 1 N–H and O–H groups in total. The number of hydrogen-bond donors (Lipinski definition) is 1. The van der Waals surface area contributed by atoms with Crippen molar-refractivity contribution in [1.29, 1.82) is 0 Å². The number of aliphatic hydroxyl groups excluding tert-OH is 1. The van der Waals surface area contributed by atoms with Crippen molar-refractivity contribution in [2.45, 2.75) is 58.0 Å². The fourth-order valence-corrected chi connectivity index (χ4v) is 4.69. The Balaban J connectivity index is 1.83. The first kappa shape index (κ1) is 21.2. The van der Waals surface area contributed by atoms with Crippen molar-refractivity contribution in [3.05, 3.63) is 70.8 Å². The molecule has 2 aliphatic rings. The number of likely N-dealkylation sites (tertiary alicyclic amines) is 1. The van der Waals surface area contributed by atoms with E-state index in [0.717, 1.165) is 49.0 Å². The van der Waals surface area contributed by atoms with Gasteiger partial charge >= 0.3 is 0 Å². The van der Waals surface area contributed by atoms with Gasteiger partial charge in [-0.15, -0.1) is 0 Å². The Morgan fingerprint density at radius 1 is 1.00 bits per heavy atom. The van der Waals surface area contributed by atoms with Gasteiger partial charge in [0.05, 0.1) is 18.2 Å². The Kier molecular flexibility index (Phi) is 6.12. The first-order valence-electron chi connectivity index (χ1n) is 11.1. The van der Waals surface area contributed by atoms with Crippen LogP contribution in [0, 0.1) is 6.92 Å².